The van der Waals surface area contributed by atoms with Crippen LogP contribution in [0.25, 0.3) is 0 Å². The van der Waals surface area contributed by atoms with Crippen LogP contribution in [-0.4, -0.2) is 46.1 Å². The molecule has 1 aliphatic carbocycles. The third-order valence-corrected chi connectivity index (χ3v) is 5.34. The van der Waals surface area contributed by atoms with Crippen LogP contribution >= 0.6 is 0 Å². The Morgan fingerprint density at radius 3 is 2.67 bits per heavy atom. The number of aromatic amines is 1. The highest BCUT2D eigenvalue weighted by molar-refractivity contribution is 5.92. The molecule has 24 heavy (non-hydrogen) atoms. The molecule has 0 saturated carbocycles. The van der Waals surface area contributed by atoms with E-state index in [-0.39, 0.29) is 18.0 Å². The Balaban J connectivity index is 1.33. The van der Waals surface area contributed by atoms with E-state index in [4.69, 9.17) is 0 Å². The number of fused-ring (bicyclic) bond motifs is 1. The Morgan fingerprint density at radius 2 is 1.96 bits per heavy atom. The first-order chi connectivity index (χ1) is 11.7. The van der Waals surface area contributed by atoms with E-state index in [0.29, 0.717) is 5.69 Å². The molecule has 2 aliphatic rings. The summed E-state index contributed by atoms with van der Waals surface area (Å²) in [5.74, 6) is -0.0354. The Labute approximate surface area is 141 Å². The maximum Gasteiger partial charge on any atom is 0.267 e. The van der Waals surface area contributed by atoms with Gasteiger partial charge in [-0.1, -0.05) is 24.3 Å². The summed E-state index contributed by atoms with van der Waals surface area (Å²) in [6, 6.07) is 12.2. The summed E-state index contributed by atoms with van der Waals surface area (Å²) in [6.45, 7) is 1.82. The smallest absolute Gasteiger partial charge is 0.267 e. The van der Waals surface area contributed by atoms with Crippen LogP contribution in [0.3, 0.4) is 0 Å². The second-order valence-electron chi connectivity index (χ2n) is 6.78. The number of carbonyl (C=O) groups excluding carboxylic acids is 1. The molecule has 2 atom stereocenters. The topological polar surface area (TPSA) is 68.4 Å². The molecular weight excluding hydrogens is 302 g/mol. The second-order valence-corrected chi connectivity index (χ2v) is 6.78. The van der Waals surface area contributed by atoms with Gasteiger partial charge in [0.05, 0.1) is 6.10 Å². The molecule has 1 fully saturated rings. The molecule has 3 N–H and O–H groups in total. The van der Waals surface area contributed by atoms with Gasteiger partial charge in [0.1, 0.15) is 5.69 Å². The molecule has 0 spiro atoms. The van der Waals surface area contributed by atoms with Crippen LogP contribution in [0, 0.1) is 0 Å². The summed E-state index contributed by atoms with van der Waals surface area (Å²) < 4.78 is 0. The molecule has 1 aromatic carbocycles. The van der Waals surface area contributed by atoms with Gasteiger partial charge in [-0.05, 0) is 42.5 Å². The number of rotatable bonds is 3. The molecule has 126 valence electrons. The van der Waals surface area contributed by atoms with Crippen LogP contribution in [0.2, 0.25) is 0 Å². The molecule has 1 saturated heterocycles. The number of amides is 1. The Morgan fingerprint density at radius 1 is 1.17 bits per heavy atom. The molecule has 4 rings (SSSR count). The van der Waals surface area contributed by atoms with E-state index in [1.54, 1.807) is 12.3 Å². The predicted molar refractivity (Wildman–Crippen MR) is 91.7 cm³/mol. The number of hydrogen-bond donors (Lipinski definition) is 3. The van der Waals surface area contributed by atoms with Crippen molar-refractivity contribution < 1.29 is 9.90 Å². The van der Waals surface area contributed by atoms with Crippen LogP contribution in [0.5, 0.6) is 0 Å². The molecule has 1 amide bonds. The van der Waals surface area contributed by atoms with Crippen LogP contribution in [0.4, 0.5) is 0 Å². The first-order valence-electron chi connectivity index (χ1n) is 8.66. The second kappa shape index (κ2) is 6.42. The van der Waals surface area contributed by atoms with E-state index < -0.39 is 6.10 Å². The quantitative estimate of drug-likeness (QED) is 0.807. The largest absolute Gasteiger partial charge is 0.387 e. The van der Waals surface area contributed by atoms with Gasteiger partial charge in [0.25, 0.3) is 5.91 Å². The third kappa shape index (κ3) is 2.85. The van der Waals surface area contributed by atoms with Crippen molar-refractivity contribution in [3.05, 3.63) is 59.4 Å². The summed E-state index contributed by atoms with van der Waals surface area (Å²) in [4.78, 5) is 17.4. The van der Waals surface area contributed by atoms with Crippen molar-refractivity contribution in [3.8, 4) is 0 Å². The Bertz CT molecular complexity index is 705. The van der Waals surface area contributed by atoms with E-state index in [2.05, 4.69) is 21.3 Å². The van der Waals surface area contributed by atoms with Crippen LogP contribution < -0.4 is 5.32 Å². The number of nitrogens with zero attached hydrogens (tertiary/aromatic N) is 1. The van der Waals surface area contributed by atoms with Crippen molar-refractivity contribution in [3.63, 3.8) is 0 Å². The van der Waals surface area contributed by atoms with Crippen LogP contribution in [-0.2, 0) is 6.42 Å². The molecule has 5 nitrogen and oxygen atoms in total. The maximum absolute atomic E-state index is 12.1. The molecule has 2 heterocycles. The average Bonchev–Trinajstić information content (AvgIpc) is 3.25. The van der Waals surface area contributed by atoms with E-state index in [9.17, 15) is 9.90 Å². The van der Waals surface area contributed by atoms with Crippen molar-refractivity contribution in [2.45, 2.75) is 37.5 Å². The van der Waals surface area contributed by atoms with Gasteiger partial charge < -0.3 is 15.4 Å². The lowest BCUT2D eigenvalue weighted by Crippen LogP contribution is -2.49. The van der Waals surface area contributed by atoms with Gasteiger partial charge in [-0.2, -0.15) is 0 Å². The van der Waals surface area contributed by atoms with Gasteiger partial charge >= 0.3 is 0 Å². The number of aliphatic hydroxyl groups excluding tert-OH is 1. The Kier molecular flexibility index (Phi) is 4.12. The molecule has 1 aliphatic heterocycles. The summed E-state index contributed by atoms with van der Waals surface area (Å²) in [5, 5.41) is 13.7. The highest BCUT2D eigenvalue weighted by atomic mass is 16.3. The maximum atomic E-state index is 12.1. The van der Waals surface area contributed by atoms with Gasteiger partial charge in [-0.15, -0.1) is 0 Å². The minimum atomic E-state index is -0.397. The summed E-state index contributed by atoms with van der Waals surface area (Å²) >= 11 is 0. The molecule has 5 heteroatoms. The van der Waals surface area contributed by atoms with Crippen molar-refractivity contribution in [1.82, 2.24) is 15.2 Å². The monoisotopic (exact) mass is 325 g/mol. The highest BCUT2D eigenvalue weighted by Gasteiger charge is 2.36. The predicted octanol–water partition coefficient (Wildman–Crippen LogP) is 1.87. The third-order valence-electron chi connectivity index (χ3n) is 5.34. The minimum absolute atomic E-state index is 0.0354. The number of hydrogen-bond acceptors (Lipinski definition) is 3. The number of H-pyrrole nitrogens is 1. The van der Waals surface area contributed by atoms with E-state index in [0.717, 1.165) is 37.9 Å². The molecule has 0 unspecified atom stereocenters. The lowest BCUT2D eigenvalue weighted by molar-refractivity contribution is 0.0427. The summed E-state index contributed by atoms with van der Waals surface area (Å²) in [5.41, 5.74) is 2.95. The lowest BCUT2D eigenvalue weighted by atomic mass is 10.0. The first kappa shape index (κ1) is 15.4. The summed E-state index contributed by atoms with van der Waals surface area (Å²) in [6.07, 6.45) is 4.12. The number of piperidine rings is 1. The standard InChI is InChI=1S/C19H23N3O2/c23-18-15-5-2-1-4-13(15)12-17(18)22-10-7-14(8-11-22)21-19(24)16-6-3-9-20-16/h1-6,9,14,17-18,20,23H,7-8,10-12H2,(H,21,24)/t17-,18+/m1/s1. The Hall–Kier alpha value is -2.11. The van der Waals surface area contributed by atoms with E-state index >= 15 is 0 Å². The van der Waals surface area contributed by atoms with Gasteiger partial charge in [-0.3, -0.25) is 9.69 Å². The van der Waals surface area contributed by atoms with Gasteiger partial charge in [0.15, 0.2) is 0 Å². The summed E-state index contributed by atoms with van der Waals surface area (Å²) in [7, 11) is 0. The zero-order valence-electron chi connectivity index (χ0n) is 13.6. The normalized spacial score (nSPS) is 24.7. The zero-order valence-corrected chi connectivity index (χ0v) is 13.6. The fraction of sp³-hybridized carbons (Fsp3) is 0.421. The van der Waals surface area contributed by atoms with Gasteiger partial charge in [0.2, 0.25) is 0 Å². The highest BCUT2D eigenvalue weighted by Crippen LogP contribution is 2.35. The fourth-order valence-corrected chi connectivity index (χ4v) is 3.99. The minimum Gasteiger partial charge on any atom is -0.387 e. The fourth-order valence-electron chi connectivity index (χ4n) is 3.99. The molecule has 2 aromatic rings. The molecule has 0 radical (unpaired) electrons. The first-order valence-corrected chi connectivity index (χ1v) is 8.66. The van der Waals surface area contributed by atoms with Crippen LogP contribution in [0.15, 0.2) is 42.6 Å². The number of carbonyl (C=O) groups is 1. The van der Waals surface area contributed by atoms with Crippen LogP contribution in [0.1, 0.15) is 40.6 Å². The number of aliphatic hydroxyl groups is 1. The number of aromatic nitrogens is 1. The average molecular weight is 325 g/mol. The lowest BCUT2D eigenvalue weighted by Gasteiger charge is -2.37. The number of likely N-dealkylation sites (tertiary alicyclic amines) is 1. The molecule has 0 bridgehead atoms. The number of nitrogens with one attached hydrogen (secondary N) is 2. The van der Waals surface area contributed by atoms with E-state index in [1.165, 1.54) is 5.56 Å². The van der Waals surface area contributed by atoms with Crippen molar-refractivity contribution in [2.75, 3.05) is 13.1 Å². The van der Waals surface area contributed by atoms with Crippen molar-refractivity contribution >= 4 is 5.91 Å². The van der Waals surface area contributed by atoms with Gasteiger partial charge in [-0.25, -0.2) is 0 Å². The van der Waals surface area contributed by atoms with Crippen molar-refractivity contribution in [2.24, 2.45) is 0 Å². The van der Waals surface area contributed by atoms with Gasteiger partial charge in [0, 0.05) is 31.4 Å². The van der Waals surface area contributed by atoms with E-state index in [1.807, 2.05) is 24.3 Å². The molecular formula is C19H23N3O2. The number of benzene rings is 1. The van der Waals surface area contributed by atoms with Crippen molar-refractivity contribution in [1.29, 1.82) is 0 Å². The molecule has 1 aromatic heterocycles. The zero-order chi connectivity index (χ0) is 16.5. The SMILES string of the molecule is O=C(NC1CCN([C@@H]2Cc3ccccc3[C@@H]2O)CC1)c1ccc[nH]1.